The first-order chi connectivity index (χ1) is 22.3. The highest BCUT2D eigenvalue weighted by Crippen LogP contribution is 2.43. The molecule has 0 amide bonds. The monoisotopic (exact) mass is 609 g/mol. The van der Waals surface area contributed by atoms with E-state index in [9.17, 15) is 0 Å². The van der Waals surface area contributed by atoms with Gasteiger partial charge in [-0.1, -0.05) is 103 Å². The van der Waals surface area contributed by atoms with Crippen LogP contribution >= 0.6 is 22.7 Å². The van der Waals surface area contributed by atoms with Crippen LogP contribution in [0.2, 0.25) is 0 Å². The second kappa shape index (κ2) is 9.57. The number of aromatic nitrogens is 3. The number of thiophene rings is 2. The summed E-state index contributed by atoms with van der Waals surface area (Å²) in [5.74, 6) is 0.679. The number of nitrogens with zero attached hydrogens (tertiary/aromatic N) is 3. The first kappa shape index (κ1) is 25.0. The summed E-state index contributed by atoms with van der Waals surface area (Å²) in [6.07, 6.45) is 0. The van der Waals surface area contributed by atoms with Gasteiger partial charge < -0.3 is 0 Å². The molecule has 0 saturated carbocycles. The number of benzene rings is 6. The topological polar surface area (TPSA) is 30.7 Å². The molecule has 4 aromatic heterocycles. The van der Waals surface area contributed by atoms with E-state index in [4.69, 9.17) is 9.97 Å². The molecule has 10 rings (SSSR count). The lowest BCUT2D eigenvalue weighted by molar-refractivity contribution is 0.998. The summed E-state index contributed by atoms with van der Waals surface area (Å²) in [7, 11) is 0. The van der Waals surface area contributed by atoms with E-state index in [1.54, 1.807) is 0 Å². The predicted molar refractivity (Wildman–Crippen MR) is 193 cm³/mol. The van der Waals surface area contributed by atoms with Gasteiger partial charge in [-0.05, 0) is 36.4 Å². The minimum atomic E-state index is 0.679. The molecule has 0 fully saturated rings. The number of para-hydroxylation sites is 1. The van der Waals surface area contributed by atoms with Gasteiger partial charge in [0.05, 0.1) is 27.1 Å². The van der Waals surface area contributed by atoms with Crippen LogP contribution in [0.3, 0.4) is 0 Å². The van der Waals surface area contributed by atoms with Crippen molar-refractivity contribution < 1.29 is 0 Å². The van der Waals surface area contributed by atoms with E-state index in [0.717, 1.165) is 33.5 Å². The molecule has 0 aliphatic heterocycles. The van der Waals surface area contributed by atoms with Crippen LogP contribution in [0.15, 0.2) is 140 Å². The van der Waals surface area contributed by atoms with Gasteiger partial charge in [0.1, 0.15) is 0 Å². The third kappa shape index (κ3) is 3.75. The van der Waals surface area contributed by atoms with Gasteiger partial charge in [-0.15, -0.1) is 22.7 Å². The quantitative estimate of drug-likeness (QED) is 0.199. The summed E-state index contributed by atoms with van der Waals surface area (Å²) < 4.78 is 7.42. The Morgan fingerprint density at radius 3 is 1.87 bits per heavy atom. The first-order valence-electron chi connectivity index (χ1n) is 15.0. The van der Waals surface area contributed by atoms with E-state index >= 15 is 0 Å². The van der Waals surface area contributed by atoms with Crippen molar-refractivity contribution in [1.82, 2.24) is 14.5 Å². The molecule has 45 heavy (non-hydrogen) atoms. The fourth-order valence-corrected chi connectivity index (χ4v) is 9.09. The Labute approximate surface area is 266 Å². The zero-order chi connectivity index (χ0) is 29.5. The highest BCUT2D eigenvalue weighted by molar-refractivity contribution is 7.26. The molecule has 3 nitrogen and oxygen atoms in total. The molecule has 6 aromatic carbocycles. The van der Waals surface area contributed by atoms with Gasteiger partial charge in [0, 0.05) is 57.5 Å². The lowest BCUT2D eigenvalue weighted by atomic mass is 10.0. The van der Waals surface area contributed by atoms with Gasteiger partial charge in [-0.3, -0.25) is 4.57 Å². The standard InChI is InChI=1S/C40H23N3S2/c1-2-10-24(11-3-1)32-23-33(25-18-21-37-31(22-25)28-14-6-8-16-35(28)44-37)42-40(41-32)43-34-15-7-4-12-26(34)29-19-20-30-27-13-5-9-17-36(27)45-39(30)38(29)43/h1-23H. The summed E-state index contributed by atoms with van der Waals surface area (Å²) in [5, 5.41) is 7.51. The van der Waals surface area contributed by atoms with Gasteiger partial charge in [0.25, 0.3) is 0 Å². The fourth-order valence-electron chi connectivity index (χ4n) is 6.76. The van der Waals surface area contributed by atoms with E-state index in [0.29, 0.717) is 5.95 Å². The van der Waals surface area contributed by atoms with Crippen LogP contribution < -0.4 is 0 Å². The van der Waals surface area contributed by atoms with Gasteiger partial charge in [0.15, 0.2) is 0 Å². The zero-order valence-corrected chi connectivity index (χ0v) is 25.6. The molecule has 0 bridgehead atoms. The van der Waals surface area contributed by atoms with Crippen LogP contribution in [0.25, 0.3) is 90.6 Å². The summed E-state index contributed by atoms with van der Waals surface area (Å²) in [6, 6.07) is 49.8. The third-order valence-corrected chi connectivity index (χ3v) is 11.2. The molecule has 0 atom stereocenters. The second-order valence-corrected chi connectivity index (χ2v) is 13.5. The van der Waals surface area contributed by atoms with Gasteiger partial charge in [0.2, 0.25) is 5.95 Å². The maximum absolute atomic E-state index is 5.36. The SMILES string of the molecule is c1ccc(-c2cc(-c3ccc4sc5ccccc5c4c3)nc(-n3c4ccccc4c4ccc5c6ccccc6sc5c43)n2)cc1. The Morgan fingerprint density at radius 2 is 1.04 bits per heavy atom. The molecule has 0 N–H and O–H groups in total. The smallest absolute Gasteiger partial charge is 0.235 e. The van der Waals surface area contributed by atoms with Gasteiger partial charge in [-0.2, -0.15) is 0 Å². The Hall–Kier alpha value is -5.36. The molecular weight excluding hydrogens is 587 g/mol. The molecule has 5 heteroatoms. The van der Waals surface area contributed by atoms with Crippen LogP contribution in [-0.2, 0) is 0 Å². The Balaban J connectivity index is 1.31. The number of rotatable bonds is 3. The maximum atomic E-state index is 5.36. The van der Waals surface area contributed by atoms with Crippen molar-refractivity contribution in [3.8, 4) is 28.5 Å². The molecule has 0 aliphatic rings. The number of hydrogen-bond donors (Lipinski definition) is 0. The lowest BCUT2D eigenvalue weighted by Crippen LogP contribution is -2.04. The van der Waals surface area contributed by atoms with Crippen molar-refractivity contribution >= 4 is 84.8 Å². The van der Waals surface area contributed by atoms with Crippen molar-refractivity contribution in [3.05, 3.63) is 140 Å². The predicted octanol–water partition coefficient (Wildman–Crippen LogP) is 11.6. The highest BCUT2D eigenvalue weighted by atomic mass is 32.1. The van der Waals surface area contributed by atoms with Crippen molar-refractivity contribution in [2.75, 3.05) is 0 Å². The fraction of sp³-hybridized carbons (Fsp3) is 0. The molecule has 4 heterocycles. The third-order valence-electron chi connectivity index (χ3n) is 8.84. The molecule has 210 valence electrons. The minimum absolute atomic E-state index is 0.679. The summed E-state index contributed by atoms with van der Waals surface area (Å²) >= 11 is 3.68. The minimum Gasteiger partial charge on any atom is -0.276 e. The van der Waals surface area contributed by atoms with Crippen LogP contribution in [0.1, 0.15) is 0 Å². The van der Waals surface area contributed by atoms with E-state index < -0.39 is 0 Å². The zero-order valence-electron chi connectivity index (χ0n) is 23.9. The van der Waals surface area contributed by atoms with Crippen LogP contribution in [0.5, 0.6) is 0 Å². The van der Waals surface area contributed by atoms with E-state index in [-0.39, 0.29) is 0 Å². The maximum Gasteiger partial charge on any atom is 0.235 e. The molecule has 0 saturated heterocycles. The molecule has 0 spiro atoms. The van der Waals surface area contributed by atoms with Crippen LogP contribution in [0, 0.1) is 0 Å². The van der Waals surface area contributed by atoms with Crippen molar-refractivity contribution in [2.24, 2.45) is 0 Å². The molecule has 0 aliphatic carbocycles. The molecular formula is C40H23N3S2. The Morgan fingerprint density at radius 1 is 0.422 bits per heavy atom. The largest absolute Gasteiger partial charge is 0.276 e. The normalized spacial score (nSPS) is 12.0. The molecule has 0 unspecified atom stereocenters. The lowest BCUT2D eigenvalue weighted by Gasteiger charge is -2.12. The van der Waals surface area contributed by atoms with E-state index in [2.05, 4.69) is 138 Å². The average molecular weight is 610 g/mol. The van der Waals surface area contributed by atoms with Crippen molar-refractivity contribution in [3.63, 3.8) is 0 Å². The summed E-state index contributed by atoms with van der Waals surface area (Å²) in [4.78, 5) is 10.7. The average Bonchev–Trinajstić information content (AvgIpc) is 3.78. The van der Waals surface area contributed by atoms with Gasteiger partial charge in [-0.25, -0.2) is 9.97 Å². The first-order valence-corrected chi connectivity index (χ1v) is 16.6. The highest BCUT2D eigenvalue weighted by Gasteiger charge is 2.20. The molecule has 0 radical (unpaired) electrons. The van der Waals surface area contributed by atoms with Crippen molar-refractivity contribution in [2.45, 2.75) is 0 Å². The summed E-state index contributed by atoms with van der Waals surface area (Å²) in [5.41, 5.74) is 6.22. The van der Waals surface area contributed by atoms with E-state index in [1.165, 1.54) is 51.1 Å². The second-order valence-electron chi connectivity index (χ2n) is 11.4. The van der Waals surface area contributed by atoms with E-state index in [1.807, 2.05) is 28.7 Å². The Kier molecular flexibility index (Phi) is 5.32. The van der Waals surface area contributed by atoms with Crippen LogP contribution in [0.4, 0.5) is 0 Å². The van der Waals surface area contributed by atoms with Gasteiger partial charge >= 0.3 is 0 Å². The number of fused-ring (bicyclic) bond motifs is 10. The molecule has 10 aromatic rings. The summed E-state index contributed by atoms with van der Waals surface area (Å²) in [6.45, 7) is 0. The number of hydrogen-bond acceptors (Lipinski definition) is 4. The Bertz CT molecular complexity index is 2770. The van der Waals surface area contributed by atoms with Crippen LogP contribution in [-0.4, -0.2) is 14.5 Å². The van der Waals surface area contributed by atoms with Crippen molar-refractivity contribution in [1.29, 1.82) is 0 Å².